The van der Waals surface area contributed by atoms with Crippen molar-refractivity contribution < 1.29 is 9.15 Å². The molecule has 2 rings (SSSR count). The second-order valence-electron chi connectivity index (χ2n) is 4.56. The van der Waals surface area contributed by atoms with Crippen molar-refractivity contribution in [2.24, 2.45) is 5.73 Å². The lowest BCUT2D eigenvalue weighted by molar-refractivity contribution is 0.105. The topological polar surface area (TPSA) is 51.6 Å². The van der Waals surface area contributed by atoms with Crippen molar-refractivity contribution in [3.05, 3.63) is 35.6 Å². The Balaban J connectivity index is 2.10. The van der Waals surface area contributed by atoms with Crippen LogP contribution in [0.3, 0.4) is 0 Å². The van der Waals surface area contributed by atoms with Crippen molar-refractivity contribution in [1.29, 1.82) is 0 Å². The molecule has 98 valence electrons. The maximum atomic E-state index is 5.71. The van der Waals surface area contributed by atoms with Crippen molar-refractivity contribution in [2.75, 3.05) is 27.2 Å². The van der Waals surface area contributed by atoms with Crippen LogP contribution < -0.4 is 5.73 Å². The van der Waals surface area contributed by atoms with E-state index in [4.69, 9.17) is 14.9 Å². The molecule has 1 aromatic heterocycles. The van der Waals surface area contributed by atoms with Gasteiger partial charge in [-0.2, -0.15) is 0 Å². The van der Waals surface area contributed by atoms with Gasteiger partial charge in [0.05, 0.1) is 19.8 Å². The van der Waals surface area contributed by atoms with Crippen LogP contribution in [0.15, 0.2) is 28.7 Å². The summed E-state index contributed by atoms with van der Waals surface area (Å²) in [6.45, 7) is 2.57. The highest BCUT2D eigenvalue weighted by Crippen LogP contribution is 2.26. The van der Waals surface area contributed by atoms with Gasteiger partial charge in [0.25, 0.3) is 0 Å². The zero-order chi connectivity index (χ0) is 13.0. The number of hydrogen-bond acceptors (Lipinski definition) is 4. The molecular formula is C14H20N2O2. The van der Waals surface area contributed by atoms with Gasteiger partial charge in [-0.05, 0) is 20.2 Å². The second kappa shape index (κ2) is 6.00. The van der Waals surface area contributed by atoms with Crippen LogP contribution in [0.2, 0.25) is 0 Å². The average molecular weight is 248 g/mol. The van der Waals surface area contributed by atoms with Gasteiger partial charge in [0.1, 0.15) is 11.3 Å². The molecule has 0 aliphatic heterocycles. The zero-order valence-corrected chi connectivity index (χ0v) is 11.0. The minimum atomic E-state index is 0.404. The summed E-state index contributed by atoms with van der Waals surface area (Å²) in [6.07, 6.45) is 0. The summed E-state index contributed by atoms with van der Waals surface area (Å²) < 4.78 is 11.4. The summed E-state index contributed by atoms with van der Waals surface area (Å²) in [7, 11) is 4.06. The predicted molar refractivity (Wildman–Crippen MR) is 72.3 cm³/mol. The van der Waals surface area contributed by atoms with E-state index >= 15 is 0 Å². The Morgan fingerprint density at radius 1 is 1.28 bits per heavy atom. The molecule has 0 saturated carbocycles. The fraction of sp³-hybridized carbons (Fsp3) is 0.429. The Hall–Kier alpha value is -1.36. The fourth-order valence-electron chi connectivity index (χ4n) is 1.89. The minimum Gasteiger partial charge on any atom is -0.459 e. The minimum absolute atomic E-state index is 0.404. The molecule has 0 unspecified atom stereocenters. The Morgan fingerprint density at radius 2 is 2.06 bits per heavy atom. The number of hydrogen-bond donors (Lipinski definition) is 1. The van der Waals surface area contributed by atoms with Gasteiger partial charge in [-0.25, -0.2) is 0 Å². The first-order valence-corrected chi connectivity index (χ1v) is 6.14. The summed E-state index contributed by atoms with van der Waals surface area (Å²) in [4.78, 5) is 2.09. The molecule has 0 saturated heterocycles. The highest BCUT2D eigenvalue weighted by atomic mass is 16.5. The van der Waals surface area contributed by atoms with Gasteiger partial charge in [0.2, 0.25) is 0 Å². The van der Waals surface area contributed by atoms with Crippen LogP contribution in [0, 0.1) is 0 Å². The van der Waals surface area contributed by atoms with Crippen molar-refractivity contribution >= 4 is 11.0 Å². The van der Waals surface area contributed by atoms with Gasteiger partial charge in [-0.1, -0.05) is 18.2 Å². The first-order valence-electron chi connectivity index (χ1n) is 6.14. The quantitative estimate of drug-likeness (QED) is 0.794. The third-order valence-electron chi connectivity index (χ3n) is 2.90. The molecule has 0 atom stereocenters. The first kappa shape index (κ1) is 13.1. The summed E-state index contributed by atoms with van der Waals surface area (Å²) in [5, 5.41) is 1.10. The molecule has 0 aliphatic carbocycles. The van der Waals surface area contributed by atoms with Crippen LogP contribution in [0.1, 0.15) is 11.3 Å². The Labute approximate surface area is 107 Å². The van der Waals surface area contributed by atoms with Gasteiger partial charge < -0.3 is 19.8 Å². The van der Waals surface area contributed by atoms with E-state index in [9.17, 15) is 0 Å². The molecule has 0 spiro atoms. The zero-order valence-electron chi connectivity index (χ0n) is 11.0. The molecule has 0 radical (unpaired) electrons. The van der Waals surface area contributed by atoms with Gasteiger partial charge >= 0.3 is 0 Å². The van der Waals surface area contributed by atoms with Crippen LogP contribution in [-0.4, -0.2) is 32.1 Å². The summed E-state index contributed by atoms with van der Waals surface area (Å²) >= 11 is 0. The van der Waals surface area contributed by atoms with Gasteiger partial charge in [-0.3, -0.25) is 0 Å². The lowest BCUT2D eigenvalue weighted by atomic mass is 10.1. The molecule has 18 heavy (non-hydrogen) atoms. The van der Waals surface area contributed by atoms with Gasteiger partial charge in [-0.15, -0.1) is 0 Å². The number of rotatable bonds is 6. The Bertz CT molecular complexity index is 505. The summed E-state index contributed by atoms with van der Waals surface area (Å²) in [6, 6.07) is 7.96. The third-order valence-corrected chi connectivity index (χ3v) is 2.90. The largest absolute Gasteiger partial charge is 0.459 e. The number of para-hydroxylation sites is 1. The normalized spacial score (nSPS) is 11.6. The van der Waals surface area contributed by atoms with E-state index in [-0.39, 0.29) is 0 Å². The van der Waals surface area contributed by atoms with E-state index in [1.165, 1.54) is 0 Å². The van der Waals surface area contributed by atoms with Crippen molar-refractivity contribution in [2.45, 2.75) is 13.2 Å². The maximum absolute atomic E-state index is 5.71. The molecule has 4 nitrogen and oxygen atoms in total. The molecule has 2 N–H and O–H groups in total. The number of fused-ring (bicyclic) bond motifs is 1. The average Bonchev–Trinajstić information content (AvgIpc) is 2.72. The molecule has 0 amide bonds. The van der Waals surface area contributed by atoms with Crippen molar-refractivity contribution in [1.82, 2.24) is 4.90 Å². The van der Waals surface area contributed by atoms with E-state index in [0.29, 0.717) is 19.8 Å². The van der Waals surface area contributed by atoms with Crippen LogP contribution in [0.25, 0.3) is 11.0 Å². The maximum Gasteiger partial charge on any atom is 0.134 e. The number of likely N-dealkylation sites (N-methyl/N-ethyl adjacent to an activating group) is 1. The summed E-state index contributed by atoms with van der Waals surface area (Å²) in [5.74, 6) is 0.820. The van der Waals surface area contributed by atoms with Gasteiger partial charge in [0.15, 0.2) is 0 Å². The van der Waals surface area contributed by atoms with E-state index < -0.39 is 0 Å². The number of furan rings is 1. The molecule has 0 aliphatic rings. The van der Waals surface area contributed by atoms with Crippen LogP contribution >= 0.6 is 0 Å². The Morgan fingerprint density at radius 3 is 2.78 bits per heavy atom. The van der Waals surface area contributed by atoms with Crippen LogP contribution in [0.4, 0.5) is 0 Å². The molecule has 2 aromatic rings. The van der Waals surface area contributed by atoms with Crippen LogP contribution in [0.5, 0.6) is 0 Å². The lowest BCUT2D eigenvalue weighted by Crippen LogP contribution is -2.18. The van der Waals surface area contributed by atoms with Crippen molar-refractivity contribution in [3.63, 3.8) is 0 Å². The third kappa shape index (κ3) is 2.90. The van der Waals surface area contributed by atoms with E-state index in [0.717, 1.165) is 28.8 Å². The lowest BCUT2D eigenvalue weighted by Gasteiger charge is -2.09. The number of nitrogens with zero attached hydrogens (tertiary/aromatic N) is 1. The summed E-state index contributed by atoms with van der Waals surface area (Å²) in [5.41, 5.74) is 7.66. The molecule has 4 heteroatoms. The molecule has 0 fully saturated rings. The molecular weight excluding hydrogens is 228 g/mol. The fourth-order valence-corrected chi connectivity index (χ4v) is 1.89. The highest BCUT2D eigenvalue weighted by molar-refractivity contribution is 5.82. The standard InChI is InChI=1S/C14H20N2O2/c1-16(2)7-8-17-10-12-11-5-3-4-6-13(11)18-14(12)9-15/h3-6H,7-10,15H2,1-2H3. The number of nitrogens with two attached hydrogens (primary N) is 1. The highest BCUT2D eigenvalue weighted by Gasteiger charge is 2.12. The number of benzene rings is 1. The molecule has 0 bridgehead atoms. The SMILES string of the molecule is CN(C)CCOCc1c(CN)oc2ccccc12. The van der Waals surface area contributed by atoms with Crippen LogP contribution in [-0.2, 0) is 17.9 Å². The van der Waals surface area contributed by atoms with E-state index in [2.05, 4.69) is 4.90 Å². The van der Waals surface area contributed by atoms with Crippen molar-refractivity contribution in [3.8, 4) is 0 Å². The first-order chi connectivity index (χ1) is 8.72. The predicted octanol–water partition coefficient (Wildman–Crippen LogP) is 1.97. The Kier molecular flexibility index (Phi) is 4.36. The molecule has 1 heterocycles. The van der Waals surface area contributed by atoms with E-state index in [1.807, 2.05) is 38.4 Å². The van der Waals surface area contributed by atoms with E-state index in [1.54, 1.807) is 0 Å². The second-order valence-corrected chi connectivity index (χ2v) is 4.56. The monoisotopic (exact) mass is 248 g/mol. The number of ether oxygens (including phenoxy) is 1. The van der Waals surface area contributed by atoms with Gasteiger partial charge in [0, 0.05) is 17.5 Å². The smallest absolute Gasteiger partial charge is 0.134 e. The molecule has 1 aromatic carbocycles.